The minimum atomic E-state index is 0.121. The Hall–Kier alpha value is -2.90. The molecule has 3 aromatic rings. The summed E-state index contributed by atoms with van der Waals surface area (Å²) in [4.78, 5) is 23.0. The van der Waals surface area contributed by atoms with Gasteiger partial charge < -0.3 is 14.5 Å². The van der Waals surface area contributed by atoms with Crippen molar-refractivity contribution in [3.63, 3.8) is 0 Å². The van der Waals surface area contributed by atoms with Gasteiger partial charge in [0.05, 0.1) is 18.8 Å². The third kappa shape index (κ3) is 8.10. The van der Waals surface area contributed by atoms with Crippen molar-refractivity contribution < 1.29 is 4.74 Å². The van der Waals surface area contributed by atoms with Crippen molar-refractivity contribution in [3.8, 4) is 5.75 Å². The third-order valence-corrected chi connectivity index (χ3v) is 8.30. The smallest absolute Gasteiger partial charge is 0.206 e. The standard InChI is InChI=1S/C34H45ClN4O2/c1-25(2)28-7-8-29(34(40)32(23-28)37(5)18-17-36(3)4)24-38-19-21-39(22-20-38)33(26-9-13-30(35)14-10-26)27-11-15-31(41-6)16-12-27/h7-16,23,25,33H,17-22,24H2,1-6H3. The van der Waals surface area contributed by atoms with E-state index >= 15 is 0 Å². The molecule has 1 saturated heterocycles. The van der Waals surface area contributed by atoms with Gasteiger partial charge in [0.1, 0.15) is 5.75 Å². The van der Waals surface area contributed by atoms with E-state index in [1.807, 2.05) is 31.3 Å². The molecule has 0 aromatic heterocycles. The van der Waals surface area contributed by atoms with Crippen molar-refractivity contribution in [2.24, 2.45) is 0 Å². The largest absolute Gasteiger partial charge is 0.497 e. The van der Waals surface area contributed by atoms with Crippen LogP contribution >= 0.6 is 11.6 Å². The van der Waals surface area contributed by atoms with E-state index in [9.17, 15) is 4.79 Å². The second-order valence-corrected chi connectivity index (χ2v) is 12.1. The number of hydrogen-bond acceptors (Lipinski definition) is 6. The molecule has 1 unspecified atom stereocenters. The van der Waals surface area contributed by atoms with Gasteiger partial charge in [0.25, 0.3) is 0 Å². The summed E-state index contributed by atoms with van der Waals surface area (Å²) in [6, 6.07) is 22.9. The molecule has 4 rings (SSSR count). The van der Waals surface area contributed by atoms with Gasteiger partial charge in [-0.25, -0.2) is 0 Å². The van der Waals surface area contributed by atoms with Gasteiger partial charge >= 0.3 is 0 Å². The van der Waals surface area contributed by atoms with Crippen LogP contribution in [0.1, 0.15) is 48.1 Å². The van der Waals surface area contributed by atoms with Gasteiger partial charge in [-0.05, 0) is 67.0 Å². The Morgan fingerprint density at radius 1 is 0.829 bits per heavy atom. The Morgan fingerprint density at radius 3 is 1.98 bits per heavy atom. The molecular formula is C34H45ClN4O2. The van der Waals surface area contributed by atoms with Crippen molar-refractivity contribution in [2.75, 3.05) is 72.4 Å². The van der Waals surface area contributed by atoms with Gasteiger partial charge in [-0.2, -0.15) is 0 Å². The number of anilines is 1. The molecule has 0 N–H and O–H groups in total. The summed E-state index contributed by atoms with van der Waals surface area (Å²) in [5.74, 6) is 1.20. The minimum absolute atomic E-state index is 0.121. The molecule has 1 fully saturated rings. The fourth-order valence-electron chi connectivity index (χ4n) is 5.41. The summed E-state index contributed by atoms with van der Waals surface area (Å²) in [6.07, 6.45) is 0. The Kier molecular flexibility index (Phi) is 10.8. The molecule has 7 heteroatoms. The van der Waals surface area contributed by atoms with Crippen LogP contribution in [0.2, 0.25) is 5.02 Å². The third-order valence-electron chi connectivity index (χ3n) is 8.05. The number of hydrogen-bond donors (Lipinski definition) is 0. The molecule has 1 atom stereocenters. The summed E-state index contributed by atoms with van der Waals surface area (Å²) in [5, 5.41) is 0.740. The second kappa shape index (κ2) is 14.3. The summed E-state index contributed by atoms with van der Waals surface area (Å²) in [5.41, 5.74) is 5.42. The fourth-order valence-corrected chi connectivity index (χ4v) is 5.54. The van der Waals surface area contributed by atoms with Crippen molar-refractivity contribution in [1.82, 2.24) is 14.7 Å². The normalized spacial score (nSPS) is 15.3. The summed E-state index contributed by atoms with van der Waals surface area (Å²) in [7, 11) is 7.85. The Morgan fingerprint density at radius 2 is 1.41 bits per heavy atom. The first kappa shape index (κ1) is 31.0. The van der Waals surface area contributed by atoms with Crippen LogP contribution in [0, 0.1) is 0 Å². The molecule has 1 heterocycles. The maximum absolute atomic E-state index is 13.8. The minimum Gasteiger partial charge on any atom is -0.497 e. The van der Waals surface area contributed by atoms with Gasteiger partial charge in [0.15, 0.2) is 0 Å². The van der Waals surface area contributed by atoms with Crippen LogP contribution in [0.15, 0.2) is 71.5 Å². The lowest BCUT2D eigenvalue weighted by molar-refractivity contribution is 0.104. The first-order valence-corrected chi connectivity index (χ1v) is 14.9. The Bertz CT molecular complexity index is 1320. The molecular weight excluding hydrogens is 532 g/mol. The average molecular weight is 577 g/mol. The zero-order chi connectivity index (χ0) is 29.5. The van der Waals surface area contributed by atoms with E-state index in [1.54, 1.807) is 7.11 Å². The van der Waals surface area contributed by atoms with E-state index < -0.39 is 0 Å². The molecule has 0 amide bonds. The number of likely N-dealkylation sites (N-methyl/N-ethyl adjacent to an activating group) is 2. The molecule has 6 nitrogen and oxygen atoms in total. The van der Waals surface area contributed by atoms with Crippen LogP contribution in [-0.2, 0) is 6.54 Å². The lowest BCUT2D eigenvalue weighted by Gasteiger charge is -2.39. The van der Waals surface area contributed by atoms with E-state index in [0.717, 1.165) is 61.3 Å². The Labute approximate surface area is 251 Å². The van der Waals surface area contributed by atoms with Gasteiger partial charge in [0, 0.05) is 63.4 Å². The predicted molar refractivity (Wildman–Crippen MR) is 172 cm³/mol. The first-order valence-electron chi connectivity index (χ1n) is 14.5. The van der Waals surface area contributed by atoms with Crippen LogP contribution in [-0.4, -0.2) is 82.2 Å². The number of benzene rings is 2. The number of nitrogens with zero attached hydrogens (tertiary/aromatic N) is 4. The van der Waals surface area contributed by atoms with E-state index in [2.05, 4.69) is 90.0 Å². The molecule has 0 radical (unpaired) electrons. The van der Waals surface area contributed by atoms with Crippen molar-refractivity contribution in [1.29, 1.82) is 0 Å². The fraction of sp³-hybridized carbons (Fsp3) is 0.441. The van der Waals surface area contributed by atoms with E-state index in [-0.39, 0.29) is 11.5 Å². The van der Waals surface area contributed by atoms with Crippen molar-refractivity contribution >= 4 is 17.3 Å². The molecule has 3 aromatic carbocycles. The van der Waals surface area contributed by atoms with E-state index in [4.69, 9.17) is 16.3 Å². The number of ether oxygens (including phenoxy) is 1. The molecule has 41 heavy (non-hydrogen) atoms. The number of halogens is 1. The SMILES string of the molecule is COc1ccc(C(c2ccc(Cl)cc2)N2CCN(Cc3ccc(C(C)C)cc(N(C)CCN(C)C)c3=O)CC2)cc1. The predicted octanol–water partition coefficient (Wildman–Crippen LogP) is 5.74. The summed E-state index contributed by atoms with van der Waals surface area (Å²) in [6.45, 7) is 10.3. The van der Waals surface area contributed by atoms with Gasteiger partial charge in [-0.1, -0.05) is 61.8 Å². The van der Waals surface area contributed by atoms with E-state index in [1.165, 1.54) is 16.7 Å². The Balaban J connectivity index is 1.54. The lowest BCUT2D eigenvalue weighted by atomic mass is 9.96. The zero-order valence-corrected chi connectivity index (χ0v) is 26.2. The highest BCUT2D eigenvalue weighted by Gasteiger charge is 2.27. The molecule has 220 valence electrons. The zero-order valence-electron chi connectivity index (χ0n) is 25.4. The number of methoxy groups -OCH3 is 1. The molecule has 0 aliphatic carbocycles. The van der Waals surface area contributed by atoms with E-state index in [0.29, 0.717) is 12.5 Å². The molecule has 0 bridgehead atoms. The molecule has 0 saturated carbocycles. The number of piperazine rings is 1. The van der Waals surface area contributed by atoms with Crippen LogP contribution in [0.3, 0.4) is 0 Å². The maximum atomic E-state index is 13.8. The maximum Gasteiger partial charge on any atom is 0.206 e. The van der Waals surface area contributed by atoms with Gasteiger partial charge in [0.2, 0.25) is 5.43 Å². The quantitative estimate of drug-likeness (QED) is 0.290. The van der Waals surface area contributed by atoms with Crippen molar-refractivity contribution in [3.05, 3.63) is 104 Å². The lowest BCUT2D eigenvalue weighted by Crippen LogP contribution is -2.47. The topological polar surface area (TPSA) is 39.3 Å². The first-order chi connectivity index (χ1) is 19.7. The van der Waals surface area contributed by atoms with Crippen LogP contribution in [0.5, 0.6) is 5.75 Å². The molecule has 1 aliphatic rings. The van der Waals surface area contributed by atoms with Crippen LogP contribution in [0.25, 0.3) is 0 Å². The summed E-state index contributed by atoms with van der Waals surface area (Å²) < 4.78 is 5.40. The highest BCUT2D eigenvalue weighted by atomic mass is 35.5. The summed E-state index contributed by atoms with van der Waals surface area (Å²) >= 11 is 6.23. The number of rotatable bonds is 11. The van der Waals surface area contributed by atoms with Crippen LogP contribution < -0.4 is 15.1 Å². The van der Waals surface area contributed by atoms with Gasteiger partial charge in [-0.15, -0.1) is 0 Å². The highest BCUT2D eigenvalue weighted by Crippen LogP contribution is 2.32. The van der Waals surface area contributed by atoms with Gasteiger partial charge in [-0.3, -0.25) is 14.6 Å². The van der Waals surface area contributed by atoms with Crippen LogP contribution in [0.4, 0.5) is 5.69 Å². The van der Waals surface area contributed by atoms with Crippen molar-refractivity contribution in [2.45, 2.75) is 32.4 Å². The second-order valence-electron chi connectivity index (χ2n) is 11.6. The average Bonchev–Trinajstić information content (AvgIpc) is 3.13. The molecule has 1 aliphatic heterocycles. The monoisotopic (exact) mass is 576 g/mol. The highest BCUT2D eigenvalue weighted by molar-refractivity contribution is 6.30. The molecule has 0 spiro atoms.